The molecule has 1 atom stereocenters. The van der Waals surface area contributed by atoms with Gasteiger partial charge in [-0.05, 0) is 12.5 Å². The molecule has 1 aliphatic carbocycles. The van der Waals surface area contributed by atoms with Crippen LogP contribution in [0.2, 0.25) is 0 Å². The van der Waals surface area contributed by atoms with E-state index >= 15 is 0 Å². The number of nitro groups is 1. The van der Waals surface area contributed by atoms with Crippen LogP contribution in [0.15, 0.2) is 41.0 Å². The first kappa shape index (κ1) is 15.8. The normalized spacial score (nSPS) is 24.0. The van der Waals surface area contributed by atoms with Gasteiger partial charge >= 0.3 is 0 Å². The number of allylic oxidation sites excluding steroid dienone is 1. The number of ether oxygens (including phenoxy) is 1. The maximum absolute atomic E-state index is 13.0. The Labute approximate surface area is 146 Å². The van der Waals surface area contributed by atoms with Gasteiger partial charge in [-0.15, -0.1) is 0 Å². The summed E-state index contributed by atoms with van der Waals surface area (Å²) in [7, 11) is 0. The molecular weight excluding hydrogens is 340 g/mol. The molecule has 0 fully saturated rings. The topological polar surface area (TPSA) is 148 Å². The fourth-order valence-corrected chi connectivity index (χ4v) is 3.87. The summed E-state index contributed by atoms with van der Waals surface area (Å²) in [5, 5.41) is 23.5. The highest BCUT2D eigenvalue weighted by molar-refractivity contribution is 6.19. The smallest absolute Gasteiger partial charge is 0.269 e. The maximum Gasteiger partial charge on any atom is 0.269 e. The van der Waals surface area contributed by atoms with Gasteiger partial charge in [-0.2, -0.15) is 5.26 Å². The molecule has 1 aromatic carbocycles. The number of carbonyl (C=O) groups excluding carboxylic acids is 2. The Kier molecular flexibility index (Phi) is 3.14. The van der Waals surface area contributed by atoms with Gasteiger partial charge in [0, 0.05) is 36.2 Å². The third-order valence-corrected chi connectivity index (χ3v) is 4.91. The number of anilines is 1. The van der Waals surface area contributed by atoms with Crippen LogP contribution in [0.1, 0.15) is 24.8 Å². The highest BCUT2D eigenvalue weighted by Crippen LogP contribution is 2.54. The first-order chi connectivity index (χ1) is 12.4. The number of ketones is 1. The number of nitrogens with one attached hydrogen (secondary N) is 1. The number of Topliss-reactive ketones (excluding diaryl/α,β-unsaturated/α-hetero) is 1. The molecule has 1 spiro atoms. The van der Waals surface area contributed by atoms with E-state index in [0.29, 0.717) is 18.5 Å². The molecular formula is C17H12N4O5. The monoisotopic (exact) mass is 352 g/mol. The first-order valence-corrected chi connectivity index (χ1v) is 7.86. The summed E-state index contributed by atoms with van der Waals surface area (Å²) >= 11 is 0. The third kappa shape index (κ3) is 1.78. The molecule has 1 aromatic rings. The van der Waals surface area contributed by atoms with Crippen molar-refractivity contribution in [2.24, 2.45) is 5.73 Å². The van der Waals surface area contributed by atoms with Crippen molar-refractivity contribution in [3.05, 3.63) is 56.7 Å². The number of benzene rings is 1. The Hall–Kier alpha value is -3.67. The molecule has 9 heteroatoms. The van der Waals surface area contributed by atoms with Crippen LogP contribution >= 0.6 is 0 Å². The second-order valence-electron chi connectivity index (χ2n) is 6.22. The Bertz CT molecular complexity index is 1020. The Balaban J connectivity index is 2.11. The minimum absolute atomic E-state index is 0.0475. The number of nitro benzene ring substituents is 1. The van der Waals surface area contributed by atoms with E-state index in [1.165, 1.54) is 18.2 Å². The van der Waals surface area contributed by atoms with E-state index in [4.69, 9.17) is 10.5 Å². The zero-order chi connectivity index (χ0) is 18.6. The molecule has 2 heterocycles. The van der Waals surface area contributed by atoms with E-state index in [2.05, 4.69) is 5.32 Å². The first-order valence-electron chi connectivity index (χ1n) is 7.86. The van der Waals surface area contributed by atoms with Crippen LogP contribution in [0.25, 0.3) is 0 Å². The molecule has 3 N–H and O–H groups in total. The highest BCUT2D eigenvalue weighted by atomic mass is 16.6. The third-order valence-electron chi connectivity index (χ3n) is 4.91. The number of non-ortho nitro benzene ring substituents is 1. The number of carbonyl (C=O) groups is 2. The number of rotatable bonds is 1. The van der Waals surface area contributed by atoms with Crippen molar-refractivity contribution in [1.82, 2.24) is 0 Å². The van der Waals surface area contributed by atoms with Gasteiger partial charge in [-0.3, -0.25) is 19.7 Å². The summed E-state index contributed by atoms with van der Waals surface area (Å²) in [5.74, 6) is -0.998. The molecule has 1 amide bonds. The van der Waals surface area contributed by atoms with Crippen LogP contribution in [-0.4, -0.2) is 16.6 Å². The largest absolute Gasteiger partial charge is 0.444 e. The number of hydrogen-bond acceptors (Lipinski definition) is 7. The van der Waals surface area contributed by atoms with Gasteiger partial charge in [-0.25, -0.2) is 0 Å². The van der Waals surface area contributed by atoms with Gasteiger partial charge in [-0.1, -0.05) is 0 Å². The number of nitrogens with two attached hydrogens (primary N) is 1. The number of hydrogen-bond donors (Lipinski definition) is 2. The van der Waals surface area contributed by atoms with E-state index in [1.54, 1.807) is 0 Å². The quantitative estimate of drug-likeness (QED) is 0.575. The average molecular weight is 352 g/mol. The average Bonchev–Trinajstić information content (AvgIpc) is 2.87. The zero-order valence-electron chi connectivity index (χ0n) is 13.4. The van der Waals surface area contributed by atoms with Crippen LogP contribution in [0.5, 0.6) is 0 Å². The fraction of sp³-hybridized carbons (Fsp3) is 0.235. The standard InChI is InChI=1S/C17H12N4O5/c18-7-10-15(19)26-13-3-1-2-12(22)14(13)17(10)9-6-8(21(24)25)4-5-11(9)20-16(17)23/h4-6H,1-3,19H2,(H,20,23)/t17-/m0/s1. The Morgan fingerprint density at radius 2 is 2.12 bits per heavy atom. The molecule has 0 aromatic heterocycles. The van der Waals surface area contributed by atoms with Gasteiger partial charge in [0.15, 0.2) is 5.78 Å². The summed E-state index contributed by atoms with van der Waals surface area (Å²) < 4.78 is 5.47. The van der Waals surface area contributed by atoms with Crippen molar-refractivity contribution >= 4 is 23.1 Å². The van der Waals surface area contributed by atoms with Crippen LogP contribution in [0, 0.1) is 21.4 Å². The molecule has 9 nitrogen and oxygen atoms in total. The summed E-state index contributed by atoms with van der Waals surface area (Å²) in [6, 6.07) is 5.70. The van der Waals surface area contributed by atoms with Crippen LogP contribution < -0.4 is 11.1 Å². The van der Waals surface area contributed by atoms with Gasteiger partial charge in [0.2, 0.25) is 11.8 Å². The number of nitriles is 1. The number of amides is 1. The number of fused-ring (bicyclic) bond motifs is 3. The molecule has 0 radical (unpaired) electrons. The predicted molar refractivity (Wildman–Crippen MR) is 87.2 cm³/mol. The van der Waals surface area contributed by atoms with E-state index in [0.717, 1.165) is 0 Å². The minimum Gasteiger partial charge on any atom is -0.444 e. The lowest BCUT2D eigenvalue weighted by Crippen LogP contribution is -2.46. The summed E-state index contributed by atoms with van der Waals surface area (Å²) in [5.41, 5.74) is 4.10. The molecule has 26 heavy (non-hydrogen) atoms. The fourth-order valence-electron chi connectivity index (χ4n) is 3.87. The van der Waals surface area contributed by atoms with Gasteiger partial charge in [0.25, 0.3) is 5.69 Å². The molecule has 0 saturated heterocycles. The van der Waals surface area contributed by atoms with E-state index in [9.17, 15) is 25.0 Å². The van der Waals surface area contributed by atoms with Crippen LogP contribution in [-0.2, 0) is 19.7 Å². The molecule has 0 bridgehead atoms. The van der Waals surface area contributed by atoms with Gasteiger partial charge in [0.05, 0.1) is 10.5 Å². The Morgan fingerprint density at radius 3 is 2.81 bits per heavy atom. The highest BCUT2D eigenvalue weighted by Gasteiger charge is 2.60. The molecule has 2 aliphatic heterocycles. The second-order valence-corrected chi connectivity index (χ2v) is 6.22. The molecule has 0 unspecified atom stereocenters. The van der Waals surface area contributed by atoms with Crippen LogP contribution in [0.3, 0.4) is 0 Å². The molecule has 0 saturated carbocycles. The molecule has 3 aliphatic rings. The van der Waals surface area contributed by atoms with E-state index < -0.39 is 16.2 Å². The lowest BCUT2D eigenvalue weighted by Gasteiger charge is -2.36. The molecule has 4 rings (SSSR count). The van der Waals surface area contributed by atoms with Crippen LogP contribution in [0.4, 0.5) is 11.4 Å². The SMILES string of the molecule is N#CC1=C(N)OC2=C(C(=O)CCC2)[C@@]12C(=O)Nc1ccc([N+](=O)[O-])cc12. The van der Waals surface area contributed by atoms with E-state index in [-0.39, 0.29) is 46.2 Å². The molecule has 130 valence electrons. The summed E-state index contributed by atoms with van der Waals surface area (Å²) in [6.07, 6.45) is 1.12. The van der Waals surface area contributed by atoms with Crippen molar-refractivity contribution in [3.63, 3.8) is 0 Å². The Morgan fingerprint density at radius 1 is 1.35 bits per heavy atom. The van der Waals surface area contributed by atoms with Crippen molar-refractivity contribution in [3.8, 4) is 6.07 Å². The van der Waals surface area contributed by atoms with Crippen molar-refractivity contribution in [1.29, 1.82) is 5.26 Å². The summed E-state index contributed by atoms with van der Waals surface area (Å²) in [6.45, 7) is 0. The van der Waals surface area contributed by atoms with Crippen molar-refractivity contribution in [2.45, 2.75) is 24.7 Å². The maximum atomic E-state index is 13.0. The summed E-state index contributed by atoms with van der Waals surface area (Å²) in [4.78, 5) is 36.4. The minimum atomic E-state index is -1.81. The lowest BCUT2D eigenvalue weighted by molar-refractivity contribution is -0.384. The number of nitrogens with zero attached hydrogens (tertiary/aromatic N) is 2. The van der Waals surface area contributed by atoms with E-state index in [1.807, 2.05) is 6.07 Å². The van der Waals surface area contributed by atoms with Crippen molar-refractivity contribution in [2.75, 3.05) is 5.32 Å². The van der Waals surface area contributed by atoms with Gasteiger partial charge < -0.3 is 15.8 Å². The van der Waals surface area contributed by atoms with Crippen molar-refractivity contribution < 1.29 is 19.2 Å². The second kappa shape index (κ2) is 5.16. The van der Waals surface area contributed by atoms with Gasteiger partial charge in [0.1, 0.15) is 22.8 Å². The lowest BCUT2D eigenvalue weighted by atomic mass is 9.65. The zero-order valence-corrected chi connectivity index (χ0v) is 13.4. The predicted octanol–water partition coefficient (Wildman–Crippen LogP) is 1.52.